The molecule has 0 aromatic heterocycles. The van der Waals surface area contributed by atoms with Gasteiger partial charge < -0.3 is 14.2 Å². The Kier molecular flexibility index (Phi) is 46.4. The fraction of sp³-hybridized carbons (Fsp3) is 0.830. The van der Waals surface area contributed by atoms with E-state index in [1.54, 1.807) is 0 Å². The molecule has 0 rings (SSSR count). The average molecular weight is 829 g/mol. The highest BCUT2D eigenvalue weighted by Gasteiger charge is 2.19. The van der Waals surface area contributed by atoms with Crippen LogP contribution in [0.15, 0.2) is 36.5 Å². The van der Waals surface area contributed by atoms with E-state index in [0.29, 0.717) is 19.3 Å². The SMILES string of the molecule is CC/C=C\C/C=C\C/C=C\CCCCCCCC(=O)OC[C@H](COC(=O)CCCCCCCCCCCCCCC)OC(=O)CCCCCCCCCCCCCCC. The topological polar surface area (TPSA) is 78.9 Å². The quantitative estimate of drug-likeness (QED) is 0.0263. The van der Waals surface area contributed by atoms with Crippen LogP contribution in [-0.4, -0.2) is 37.2 Å². The molecule has 6 nitrogen and oxygen atoms in total. The molecule has 0 bridgehead atoms. The molecule has 0 saturated carbocycles. The lowest BCUT2D eigenvalue weighted by Crippen LogP contribution is -2.30. The van der Waals surface area contributed by atoms with Crippen LogP contribution in [0, 0.1) is 0 Å². The first-order chi connectivity index (χ1) is 29.0. The molecule has 1 atom stereocenters. The van der Waals surface area contributed by atoms with Gasteiger partial charge in [0.25, 0.3) is 0 Å². The van der Waals surface area contributed by atoms with E-state index in [-0.39, 0.29) is 31.1 Å². The predicted octanol–water partition coefficient (Wildman–Crippen LogP) is 16.5. The van der Waals surface area contributed by atoms with Gasteiger partial charge in [-0.05, 0) is 51.4 Å². The van der Waals surface area contributed by atoms with Gasteiger partial charge in [0.1, 0.15) is 13.2 Å². The summed E-state index contributed by atoms with van der Waals surface area (Å²) in [4.78, 5) is 37.9. The van der Waals surface area contributed by atoms with Crippen molar-refractivity contribution in [3.63, 3.8) is 0 Å². The van der Waals surface area contributed by atoms with E-state index < -0.39 is 6.10 Å². The van der Waals surface area contributed by atoms with E-state index in [1.807, 2.05) is 0 Å². The second-order valence-corrected chi connectivity index (χ2v) is 17.1. The Hall–Kier alpha value is -2.37. The molecule has 0 aromatic carbocycles. The second-order valence-electron chi connectivity index (χ2n) is 17.1. The molecule has 0 saturated heterocycles. The number of hydrogen-bond donors (Lipinski definition) is 0. The monoisotopic (exact) mass is 829 g/mol. The molecule has 0 unspecified atom stereocenters. The molecular weight excluding hydrogens is 733 g/mol. The first-order valence-electron chi connectivity index (χ1n) is 25.5. The van der Waals surface area contributed by atoms with Crippen LogP contribution in [-0.2, 0) is 28.6 Å². The van der Waals surface area contributed by atoms with E-state index in [1.165, 1.54) is 128 Å². The third-order valence-corrected chi connectivity index (χ3v) is 11.2. The van der Waals surface area contributed by atoms with Gasteiger partial charge in [0.05, 0.1) is 0 Å². The van der Waals surface area contributed by atoms with Gasteiger partial charge in [-0.2, -0.15) is 0 Å². The lowest BCUT2D eigenvalue weighted by Gasteiger charge is -2.18. The van der Waals surface area contributed by atoms with Crippen LogP contribution in [0.3, 0.4) is 0 Å². The molecule has 0 N–H and O–H groups in total. The highest BCUT2D eigenvalue weighted by Crippen LogP contribution is 2.16. The molecule has 6 heteroatoms. The highest BCUT2D eigenvalue weighted by molar-refractivity contribution is 5.71. The molecule has 0 aliphatic heterocycles. The Morgan fingerprint density at radius 3 is 1.03 bits per heavy atom. The van der Waals surface area contributed by atoms with Gasteiger partial charge in [-0.25, -0.2) is 0 Å². The lowest BCUT2D eigenvalue weighted by atomic mass is 10.0. The Labute approximate surface area is 365 Å². The van der Waals surface area contributed by atoms with Gasteiger partial charge in [0, 0.05) is 19.3 Å². The zero-order valence-electron chi connectivity index (χ0n) is 39.3. The number of hydrogen-bond acceptors (Lipinski definition) is 6. The van der Waals surface area contributed by atoms with Crippen molar-refractivity contribution in [2.24, 2.45) is 0 Å². The average Bonchev–Trinajstić information content (AvgIpc) is 3.23. The molecule has 344 valence electrons. The molecule has 0 aliphatic carbocycles. The van der Waals surface area contributed by atoms with Crippen LogP contribution in [0.5, 0.6) is 0 Å². The first kappa shape index (κ1) is 56.6. The third-order valence-electron chi connectivity index (χ3n) is 11.2. The van der Waals surface area contributed by atoms with E-state index >= 15 is 0 Å². The zero-order chi connectivity index (χ0) is 43.0. The van der Waals surface area contributed by atoms with Gasteiger partial charge in [0.15, 0.2) is 6.10 Å². The summed E-state index contributed by atoms with van der Waals surface area (Å²) in [6.45, 7) is 6.53. The predicted molar refractivity (Wildman–Crippen MR) is 252 cm³/mol. The standard InChI is InChI=1S/C53H96O6/c1-4-7-10-13-16-19-22-25-26-29-31-34-37-40-43-46-52(55)58-49-50(59-53(56)47-44-41-38-35-32-28-24-21-18-15-12-9-6-3)48-57-51(54)45-42-39-36-33-30-27-23-20-17-14-11-8-5-2/h7,10,16,19,25-26,50H,4-6,8-9,11-15,17-18,20-24,27-49H2,1-3H3/b10-7-,19-16-,26-25-/t50-/m0/s1. The van der Waals surface area contributed by atoms with E-state index in [9.17, 15) is 14.4 Å². The van der Waals surface area contributed by atoms with E-state index in [0.717, 1.165) is 96.3 Å². The smallest absolute Gasteiger partial charge is 0.306 e. The van der Waals surface area contributed by atoms with Crippen molar-refractivity contribution < 1.29 is 28.6 Å². The van der Waals surface area contributed by atoms with Crippen molar-refractivity contribution in [2.75, 3.05) is 13.2 Å². The van der Waals surface area contributed by atoms with Crippen molar-refractivity contribution in [3.05, 3.63) is 36.5 Å². The van der Waals surface area contributed by atoms with E-state index in [2.05, 4.69) is 57.2 Å². The maximum Gasteiger partial charge on any atom is 0.306 e. The van der Waals surface area contributed by atoms with Crippen molar-refractivity contribution in [3.8, 4) is 0 Å². The molecule has 0 radical (unpaired) electrons. The summed E-state index contributed by atoms with van der Waals surface area (Å²) in [5.41, 5.74) is 0. The van der Waals surface area contributed by atoms with Crippen molar-refractivity contribution in [2.45, 2.75) is 271 Å². The molecule has 0 aliphatic rings. The van der Waals surface area contributed by atoms with Crippen LogP contribution in [0.25, 0.3) is 0 Å². The zero-order valence-corrected chi connectivity index (χ0v) is 39.3. The Balaban J connectivity index is 4.37. The molecule has 0 aromatic rings. The summed E-state index contributed by atoms with van der Waals surface area (Å²) in [5.74, 6) is -0.880. The molecule has 0 fully saturated rings. The molecule has 0 spiro atoms. The van der Waals surface area contributed by atoms with Gasteiger partial charge >= 0.3 is 17.9 Å². The maximum atomic E-state index is 12.8. The van der Waals surface area contributed by atoms with Gasteiger partial charge in [-0.3, -0.25) is 14.4 Å². The third kappa shape index (κ3) is 46.5. The largest absolute Gasteiger partial charge is 0.462 e. The minimum absolute atomic E-state index is 0.0735. The minimum Gasteiger partial charge on any atom is -0.462 e. The Morgan fingerprint density at radius 1 is 0.356 bits per heavy atom. The summed E-state index contributed by atoms with van der Waals surface area (Å²) in [7, 11) is 0. The summed E-state index contributed by atoms with van der Waals surface area (Å²) in [5, 5.41) is 0. The highest BCUT2D eigenvalue weighted by atomic mass is 16.6. The Bertz CT molecular complexity index is 1000. The summed E-state index contributed by atoms with van der Waals surface area (Å²) in [6.07, 6.45) is 55.5. The lowest BCUT2D eigenvalue weighted by molar-refractivity contribution is -0.167. The molecule has 0 heterocycles. The number of allylic oxidation sites excluding steroid dienone is 6. The van der Waals surface area contributed by atoms with Crippen LogP contribution in [0.2, 0.25) is 0 Å². The first-order valence-corrected chi connectivity index (χ1v) is 25.5. The molecule has 0 amide bonds. The van der Waals surface area contributed by atoms with Crippen molar-refractivity contribution in [1.29, 1.82) is 0 Å². The molecule has 59 heavy (non-hydrogen) atoms. The van der Waals surface area contributed by atoms with Crippen LogP contribution < -0.4 is 0 Å². The van der Waals surface area contributed by atoms with Gasteiger partial charge in [-0.1, -0.05) is 231 Å². The van der Waals surface area contributed by atoms with Crippen LogP contribution >= 0.6 is 0 Å². The number of rotatable bonds is 46. The number of carbonyl (C=O) groups is 3. The fourth-order valence-corrected chi connectivity index (χ4v) is 7.34. The Morgan fingerprint density at radius 2 is 0.661 bits per heavy atom. The number of ether oxygens (including phenoxy) is 3. The fourth-order valence-electron chi connectivity index (χ4n) is 7.34. The van der Waals surface area contributed by atoms with Gasteiger partial charge in [0.2, 0.25) is 0 Å². The summed E-state index contributed by atoms with van der Waals surface area (Å²) >= 11 is 0. The summed E-state index contributed by atoms with van der Waals surface area (Å²) < 4.78 is 16.8. The van der Waals surface area contributed by atoms with Crippen LogP contribution in [0.1, 0.15) is 265 Å². The minimum atomic E-state index is -0.773. The van der Waals surface area contributed by atoms with Gasteiger partial charge in [-0.15, -0.1) is 0 Å². The van der Waals surface area contributed by atoms with Crippen LogP contribution in [0.4, 0.5) is 0 Å². The van der Waals surface area contributed by atoms with Crippen molar-refractivity contribution in [1.82, 2.24) is 0 Å². The second kappa shape index (κ2) is 48.3. The number of esters is 3. The van der Waals surface area contributed by atoms with Crippen molar-refractivity contribution >= 4 is 17.9 Å². The summed E-state index contributed by atoms with van der Waals surface area (Å²) in [6, 6.07) is 0. The maximum absolute atomic E-state index is 12.8. The number of unbranched alkanes of at least 4 members (excludes halogenated alkanes) is 29. The number of carbonyl (C=O) groups excluding carboxylic acids is 3. The molecular formula is C53H96O6. The van der Waals surface area contributed by atoms with E-state index in [4.69, 9.17) is 14.2 Å². The normalized spacial score (nSPS) is 12.3.